The Morgan fingerprint density at radius 1 is 0.659 bits per heavy atom. The van der Waals surface area contributed by atoms with Gasteiger partial charge in [-0.15, -0.1) is 0 Å². The van der Waals surface area contributed by atoms with Crippen LogP contribution in [0.15, 0.2) is 60.7 Å². The predicted molar refractivity (Wildman–Crippen MR) is 172 cm³/mol. The Bertz CT molecular complexity index is 1140. The monoisotopic (exact) mass is 611 g/mol. The Morgan fingerprint density at radius 3 is 1.84 bits per heavy atom. The molecule has 0 spiro atoms. The van der Waals surface area contributed by atoms with Crippen LogP contribution in [0.5, 0.6) is 0 Å². The highest BCUT2D eigenvalue weighted by atomic mass is 16.2. The molecule has 44 heavy (non-hydrogen) atoms. The van der Waals surface area contributed by atoms with Crippen LogP contribution in [0, 0.1) is 5.92 Å². The summed E-state index contributed by atoms with van der Waals surface area (Å²) in [5.41, 5.74) is 12.9. The number of unbranched alkanes of at least 4 members (excludes halogenated alkanes) is 1. The van der Waals surface area contributed by atoms with Gasteiger partial charge in [-0.1, -0.05) is 80.9 Å². The highest BCUT2D eigenvalue weighted by Gasteiger charge is 2.20. The first-order valence-electron chi connectivity index (χ1n) is 15.1. The number of nitrogens with one attached hydrogen (secondary N) is 7. The summed E-state index contributed by atoms with van der Waals surface area (Å²) in [7, 11) is 0. The average molecular weight is 612 g/mol. The maximum Gasteiger partial charge on any atom is 0.315 e. The molecule has 0 aliphatic heterocycles. The quantitative estimate of drug-likeness (QED) is 0.116. The summed E-state index contributed by atoms with van der Waals surface area (Å²) in [6.45, 7) is 5.40. The number of rotatable bonds is 18. The molecule has 2 aromatic rings. The molecule has 8 amide bonds. The standard InChI is InChI=1S/C31H49N9O4/c1-22(2)27(40-31(44)36-20-26(38-28(33)41)17-23-11-5-3-6-12-23)21-37-30(43)39-25(15-9-10-16-32)19-35-29(42)34-18-24-13-7-4-8-14-24/h3-8,11-14,22,25-27H,9-10,15-21,32H2,1-2H3,(H3,33,38,41)(H2,34,35,42)(H2,36,40,44)(H2,37,39,43)/t25?,26?,27-/m1/s1. The molecular formula is C31H49N9O4. The summed E-state index contributed by atoms with van der Waals surface area (Å²) in [5, 5.41) is 19.7. The molecule has 11 N–H and O–H groups in total. The van der Waals surface area contributed by atoms with E-state index in [1.54, 1.807) is 0 Å². The third-order valence-electron chi connectivity index (χ3n) is 6.93. The summed E-state index contributed by atoms with van der Waals surface area (Å²) in [6, 6.07) is 16.2. The molecule has 0 saturated carbocycles. The maximum atomic E-state index is 12.8. The van der Waals surface area contributed by atoms with Gasteiger partial charge in [0.15, 0.2) is 0 Å². The molecule has 2 rings (SSSR count). The number of carbonyl (C=O) groups excluding carboxylic acids is 4. The van der Waals surface area contributed by atoms with Crippen molar-refractivity contribution in [3.05, 3.63) is 71.8 Å². The zero-order valence-electron chi connectivity index (χ0n) is 25.7. The lowest BCUT2D eigenvalue weighted by Crippen LogP contribution is -2.55. The number of hydrogen-bond donors (Lipinski definition) is 9. The van der Waals surface area contributed by atoms with E-state index in [9.17, 15) is 19.2 Å². The van der Waals surface area contributed by atoms with E-state index in [0.717, 1.165) is 24.0 Å². The molecule has 0 aliphatic rings. The molecule has 0 saturated heterocycles. The van der Waals surface area contributed by atoms with Crippen molar-refractivity contribution in [2.45, 2.75) is 64.2 Å². The Morgan fingerprint density at radius 2 is 1.23 bits per heavy atom. The van der Waals surface area contributed by atoms with Crippen molar-refractivity contribution < 1.29 is 19.2 Å². The molecular weight excluding hydrogens is 562 g/mol. The van der Waals surface area contributed by atoms with E-state index in [1.165, 1.54) is 0 Å². The summed E-state index contributed by atoms with van der Waals surface area (Å²) >= 11 is 0. The zero-order chi connectivity index (χ0) is 32.2. The Labute approximate surface area is 260 Å². The van der Waals surface area contributed by atoms with Crippen LogP contribution < -0.4 is 48.7 Å². The number of carbonyl (C=O) groups is 4. The Hall–Kier alpha value is -4.52. The Kier molecular flexibility index (Phi) is 16.5. The van der Waals surface area contributed by atoms with Crippen LogP contribution in [-0.2, 0) is 13.0 Å². The first-order valence-corrected chi connectivity index (χ1v) is 15.1. The first kappa shape index (κ1) is 35.7. The van der Waals surface area contributed by atoms with E-state index in [2.05, 4.69) is 37.2 Å². The van der Waals surface area contributed by atoms with Crippen LogP contribution >= 0.6 is 0 Å². The van der Waals surface area contributed by atoms with Crippen LogP contribution in [0.4, 0.5) is 19.2 Å². The normalized spacial score (nSPS) is 12.7. The molecule has 0 heterocycles. The van der Waals surface area contributed by atoms with Crippen molar-refractivity contribution in [3.8, 4) is 0 Å². The Balaban J connectivity index is 1.82. The highest BCUT2D eigenvalue weighted by Crippen LogP contribution is 2.04. The van der Waals surface area contributed by atoms with Gasteiger partial charge in [-0.25, -0.2) is 19.2 Å². The van der Waals surface area contributed by atoms with Crippen molar-refractivity contribution in [2.24, 2.45) is 17.4 Å². The summed E-state index contributed by atoms with van der Waals surface area (Å²) in [6.07, 6.45) is 2.73. The van der Waals surface area contributed by atoms with Gasteiger partial charge in [0.25, 0.3) is 0 Å². The molecule has 0 bridgehead atoms. The number of nitrogens with two attached hydrogens (primary N) is 2. The minimum absolute atomic E-state index is 0.0141. The minimum atomic E-state index is -0.673. The lowest BCUT2D eigenvalue weighted by molar-refractivity contribution is 0.223. The molecule has 0 fully saturated rings. The van der Waals surface area contributed by atoms with Crippen LogP contribution in [-0.4, -0.2) is 68.4 Å². The lowest BCUT2D eigenvalue weighted by Gasteiger charge is -2.25. The van der Waals surface area contributed by atoms with E-state index < -0.39 is 24.1 Å². The molecule has 0 aromatic heterocycles. The van der Waals surface area contributed by atoms with Crippen LogP contribution in [0.3, 0.4) is 0 Å². The van der Waals surface area contributed by atoms with Crippen LogP contribution in [0.25, 0.3) is 0 Å². The number of primary amides is 1. The van der Waals surface area contributed by atoms with Gasteiger partial charge in [0.1, 0.15) is 0 Å². The summed E-state index contributed by atoms with van der Waals surface area (Å²) in [4.78, 5) is 49.3. The molecule has 13 heteroatoms. The van der Waals surface area contributed by atoms with Crippen molar-refractivity contribution in [3.63, 3.8) is 0 Å². The highest BCUT2D eigenvalue weighted by molar-refractivity contribution is 5.76. The topological polar surface area (TPSA) is 205 Å². The number of benzene rings is 2. The van der Waals surface area contributed by atoms with E-state index in [4.69, 9.17) is 11.5 Å². The predicted octanol–water partition coefficient (Wildman–Crippen LogP) is 1.89. The fraction of sp³-hybridized carbons (Fsp3) is 0.484. The van der Waals surface area contributed by atoms with E-state index in [1.807, 2.05) is 74.5 Å². The smallest absolute Gasteiger partial charge is 0.315 e. The van der Waals surface area contributed by atoms with Gasteiger partial charge in [0.05, 0.1) is 12.1 Å². The van der Waals surface area contributed by atoms with Gasteiger partial charge >= 0.3 is 24.1 Å². The molecule has 0 aliphatic carbocycles. The van der Waals surface area contributed by atoms with Gasteiger partial charge in [-0.05, 0) is 42.9 Å². The maximum absolute atomic E-state index is 12.8. The van der Waals surface area contributed by atoms with Gasteiger partial charge < -0.3 is 48.7 Å². The lowest BCUT2D eigenvalue weighted by atomic mass is 10.0. The minimum Gasteiger partial charge on any atom is -0.352 e. The van der Waals surface area contributed by atoms with Crippen molar-refractivity contribution in [1.82, 2.24) is 37.2 Å². The second-order valence-corrected chi connectivity index (χ2v) is 11.0. The fourth-order valence-corrected chi connectivity index (χ4v) is 4.42. The SMILES string of the molecule is CC(C)[C@@H](CNC(=O)NC(CCCCN)CNC(=O)NCc1ccccc1)NC(=O)NCC(Cc1ccccc1)NC(N)=O. The molecule has 2 aromatic carbocycles. The third-order valence-corrected chi connectivity index (χ3v) is 6.93. The van der Waals surface area contributed by atoms with Gasteiger partial charge in [-0.3, -0.25) is 0 Å². The van der Waals surface area contributed by atoms with Crippen LogP contribution in [0.2, 0.25) is 0 Å². The molecule has 242 valence electrons. The zero-order valence-corrected chi connectivity index (χ0v) is 25.7. The van der Waals surface area contributed by atoms with Crippen molar-refractivity contribution in [1.29, 1.82) is 0 Å². The molecule has 2 unspecified atom stereocenters. The second kappa shape index (κ2) is 20.4. The average Bonchev–Trinajstić information content (AvgIpc) is 3.00. The largest absolute Gasteiger partial charge is 0.352 e. The fourth-order valence-electron chi connectivity index (χ4n) is 4.42. The van der Waals surface area contributed by atoms with E-state index in [-0.39, 0.29) is 43.7 Å². The number of urea groups is 4. The van der Waals surface area contributed by atoms with E-state index in [0.29, 0.717) is 25.9 Å². The molecule has 0 radical (unpaired) electrons. The summed E-state index contributed by atoms with van der Waals surface area (Å²) < 4.78 is 0. The van der Waals surface area contributed by atoms with Crippen molar-refractivity contribution >= 4 is 24.1 Å². The van der Waals surface area contributed by atoms with E-state index >= 15 is 0 Å². The van der Waals surface area contributed by atoms with Gasteiger partial charge in [0, 0.05) is 32.2 Å². The van der Waals surface area contributed by atoms with Crippen molar-refractivity contribution in [2.75, 3.05) is 26.2 Å². The van der Waals surface area contributed by atoms with Crippen LogP contribution in [0.1, 0.15) is 44.2 Å². The third kappa shape index (κ3) is 15.6. The van der Waals surface area contributed by atoms with Gasteiger partial charge in [-0.2, -0.15) is 0 Å². The first-order chi connectivity index (χ1) is 21.2. The second-order valence-electron chi connectivity index (χ2n) is 11.0. The number of amides is 8. The van der Waals surface area contributed by atoms with Gasteiger partial charge in [0.2, 0.25) is 0 Å². The molecule has 3 atom stereocenters. The summed E-state index contributed by atoms with van der Waals surface area (Å²) in [5.74, 6) is 0.0141. The molecule has 13 nitrogen and oxygen atoms in total. The number of hydrogen-bond acceptors (Lipinski definition) is 5.